The third-order valence-electron chi connectivity index (χ3n) is 4.74. The monoisotopic (exact) mass is 385 g/mol. The van der Waals surface area contributed by atoms with Gasteiger partial charge in [0.25, 0.3) is 0 Å². The van der Waals surface area contributed by atoms with Crippen LogP contribution in [-0.4, -0.2) is 50.9 Å². The molecule has 0 radical (unpaired) electrons. The molecule has 146 valence electrons. The molecule has 9 heteroatoms. The number of aromatic nitrogens is 3. The van der Waals surface area contributed by atoms with Crippen LogP contribution in [-0.2, 0) is 30.2 Å². The van der Waals surface area contributed by atoms with Gasteiger partial charge in [-0.25, -0.2) is 0 Å². The topological polar surface area (TPSA) is 79.8 Å². The van der Waals surface area contributed by atoms with Crippen molar-refractivity contribution in [3.63, 3.8) is 0 Å². The molecule has 0 amide bonds. The molecule has 1 N–H and O–H groups in total. The molecular weight excluding hydrogens is 358 g/mol. The lowest BCUT2D eigenvalue weighted by atomic mass is 9.98. The molecule has 3 aliphatic rings. The van der Waals surface area contributed by atoms with Crippen LogP contribution in [0.15, 0.2) is 0 Å². The van der Waals surface area contributed by atoms with Crippen LogP contribution in [0.25, 0.3) is 0 Å². The molecule has 0 bridgehead atoms. The first kappa shape index (κ1) is 18.5. The Morgan fingerprint density at radius 3 is 2.35 bits per heavy atom. The number of hydrogen-bond donors (Lipinski definition) is 1. The minimum atomic E-state index is -0.743. The van der Waals surface area contributed by atoms with E-state index in [-0.39, 0.29) is 18.3 Å². The number of ether oxygens (including phenoxy) is 5. The molecule has 0 spiro atoms. The highest BCUT2D eigenvalue weighted by molar-refractivity contribution is 7.71. The van der Waals surface area contributed by atoms with Crippen molar-refractivity contribution in [3.8, 4) is 0 Å². The fraction of sp³-hybridized carbons (Fsp3) is 0.882. The third-order valence-corrected chi connectivity index (χ3v) is 5.06. The van der Waals surface area contributed by atoms with Gasteiger partial charge in [-0.2, -0.15) is 5.10 Å². The zero-order valence-corrected chi connectivity index (χ0v) is 16.8. The van der Waals surface area contributed by atoms with E-state index in [1.54, 1.807) is 0 Å². The van der Waals surface area contributed by atoms with Crippen molar-refractivity contribution in [2.45, 2.75) is 90.4 Å². The van der Waals surface area contributed by atoms with Crippen molar-refractivity contribution in [3.05, 3.63) is 10.6 Å². The van der Waals surface area contributed by atoms with Crippen molar-refractivity contribution in [2.75, 3.05) is 0 Å². The molecule has 5 atom stereocenters. The molecule has 3 fully saturated rings. The van der Waals surface area contributed by atoms with Gasteiger partial charge in [0.1, 0.15) is 24.4 Å². The molecule has 4 rings (SSSR count). The molecule has 4 heterocycles. The summed E-state index contributed by atoms with van der Waals surface area (Å²) in [7, 11) is 0. The summed E-state index contributed by atoms with van der Waals surface area (Å²) in [6.45, 7) is 12.5. The zero-order valence-electron chi connectivity index (χ0n) is 16.0. The fourth-order valence-electron chi connectivity index (χ4n) is 3.91. The number of nitrogens with zero attached hydrogens (tertiary/aromatic N) is 2. The highest BCUT2D eigenvalue weighted by Gasteiger charge is 2.61. The lowest BCUT2D eigenvalue weighted by molar-refractivity contribution is -0.238. The van der Waals surface area contributed by atoms with Gasteiger partial charge in [-0.1, -0.05) is 13.8 Å². The standard InChI is InChI=1S/C17H27N3O5S/c1-8(2)7-20-13(18-19-15(20)26)11-9-10(23-16(3,4)22-9)12-14(21-11)25-17(5,6)24-12/h8-12,14H,7H2,1-6H3,(H,19,26). The Bertz CT molecular complexity index is 743. The summed E-state index contributed by atoms with van der Waals surface area (Å²) in [6, 6.07) is 0. The normalized spacial score (nSPS) is 37.7. The van der Waals surface area contributed by atoms with Crippen LogP contribution in [0.4, 0.5) is 0 Å². The quantitative estimate of drug-likeness (QED) is 0.801. The molecule has 1 aromatic heterocycles. The average molecular weight is 385 g/mol. The van der Waals surface area contributed by atoms with Crippen molar-refractivity contribution in [2.24, 2.45) is 5.92 Å². The van der Waals surface area contributed by atoms with Crippen LogP contribution in [0.3, 0.4) is 0 Å². The van der Waals surface area contributed by atoms with Crippen LogP contribution in [0, 0.1) is 10.7 Å². The van der Waals surface area contributed by atoms with Crippen molar-refractivity contribution in [1.82, 2.24) is 14.8 Å². The maximum Gasteiger partial charge on any atom is 0.195 e. The van der Waals surface area contributed by atoms with Crippen molar-refractivity contribution < 1.29 is 23.7 Å². The first-order valence-corrected chi connectivity index (χ1v) is 9.49. The largest absolute Gasteiger partial charge is 0.342 e. The van der Waals surface area contributed by atoms with E-state index in [4.69, 9.17) is 35.9 Å². The number of rotatable bonds is 3. The summed E-state index contributed by atoms with van der Waals surface area (Å²) < 4.78 is 33.1. The fourth-order valence-corrected chi connectivity index (χ4v) is 4.12. The van der Waals surface area contributed by atoms with Gasteiger partial charge in [0.05, 0.1) is 0 Å². The zero-order chi connectivity index (χ0) is 18.9. The SMILES string of the molecule is CC(C)Cn1c(C2OC3OC(C)(C)OC3C3OC(C)(C)OC23)n[nH]c1=S. The smallest absolute Gasteiger partial charge is 0.195 e. The highest BCUT2D eigenvalue weighted by Crippen LogP contribution is 2.48. The lowest BCUT2D eigenvalue weighted by Gasteiger charge is -2.36. The van der Waals surface area contributed by atoms with Gasteiger partial charge in [0, 0.05) is 6.54 Å². The van der Waals surface area contributed by atoms with Gasteiger partial charge >= 0.3 is 0 Å². The number of fused-ring (bicyclic) bond motifs is 3. The first-order chi connectivity index (χ1) is 12.1. The van der Waals surface area contributed by atoms with E-state index >= 15 is 0 Å². The Balaban J connectivity index is 1.72. The van der Waals surface area contributed by atoms with Crippen LogP contribution in [0.2, 0.25) is 0 Å². The molecule has 0 aliphatic carbocycles. The molecule has 8 nitrogen and oxygen atoms in total. The third kappa shape index (κ3) is 3.14. The molecule has 3 saturated heterocycles. The second-order valence-corrected chi connectivity index (χ2v) is 8.87. The molecule has 0 aromatic carbocycles. The average Bonchev–Trinajstić information content (AvgIpc) is 3.11. The maximum absolute atomic E-state index is 6.27. The summed E-state index contributed by atoms with van der Waals surface area (Å²) in [4.78, 5) is 0. The van der Waals surface area contributed by atoms with E-state index < -0.39 is 24.0 Å². The summed E-state index contributed by atoms with van der Waals surface area (Å²) in [5, 5.41) is 7.32. The lowest BCUT2D eigenvalue weighted by Crippen LogP contribution is -2.52. The van der Waals surface area contributed by atoms with Crippen molar-refractivity contribution in [1.29, 1.82) is 0 Å². The molecule has 3 aliphatic heterocycles. The summed E-state index contributed by atoms with van der Waals surface area (Å²) in [6.07, 6.45) is -2.04. The van der Waals surface area contributed by atoms with Crippen LogP contribution in [0.5, 0.6) is 0 Å². The van der Waals surface area contributed by atoms with E-state index in [1.165, 1.54) is 0 Å². The van der Waals surface area contributed by atoms with E-state index in [0.29, 0.717) is 16.5 Å². The summed E-state index contributed by atoms with van der Waals surface area (Å²) in [5.41, 5.74) is 0. The van der Waals surface area contributed by atoms with Gasteiger partial charge < -0.3 is 28.3 Å². The van der Waals surface area contributed by atoms with Gasteiger partial charge in [-0.15, -0.1) is 0 Å². The number of hydrogen-bond acceptors (Lipinski definition) is 7. The second-order valence-electron chi connectivity index (χ2n) is 8.48. The van der Waals surface area contributed by atoms with E-state index in [1.807, 2.05) is 32.3 Å². The Hall–Kier alpha value is -0.840. The Labute approximate surface area is 158 Å². The van der Waals surface area contributed by atoms with Gasteiger partial charge in [0.15, 0.2) is 28.5 Å². The molecule has 1 aromatic rings. The maximum atomic E-state index is 6.27. The van der Waals surface area contributed by atoms with Gasteiger partial charge in [-0.3, -0.25) is 5.10 Å². The van der Waals surface area contributed by atoms with Gasteiger partial charge in [-0.05, 0) is 45.8 Å². The Kier molecular flexibility index (Phi) is 4.33. The van der Waals surface area contributed by atoms with Crippen LogP contribution >= 0.6 is 12.2 Å². The van der Waals surface area contributed by atoms with E-state index in [9.17, 15) is 0 Å². The Morgan fingerprint density at radius 1 is 1.04 bits per heavy atom. The van der Waals surface area contributed by atoms with E-state index in [2.05, 4.69) is 24.0 Å². The van der Waals surface area contributed by atoms with Gasteiger partial charge in [0.2, 0.25) is 0 Å². The number of aromatic amines is 1. The Morgan fingerprint density at radius 2 is 1.65 bits per heavy atom. The predicted molar refractivity (Wildman–Crippen MR) is 93.7 cm³/mol. The molecule has 5 unspecified atom stereocenters. The second kappa shape index (κ2) is 6.08. The minimum absolute atomic E-state index is 0.312. The van der Waals surface area contributed by atoms with E-state index in [0.717, 1.165) is 6.54 Å². The first-order valence-electron chi connectivity index (χ1n) is 9.08. The minimum Gasteiger partial charge on any atom is -0.342 e. The van der Waals surface area contributed by atoms with Crippen molar-refractivity contribution >= 4 is 12.2 Å². The van der Waals surface area contributed by atoms with Crippen LogP contribution < -0.4 is 0 Å². The molecule has 0 saturated carbocycles. The number of H-pyrrole nitrogens is 1. The predicted octanol–water partition coefficient (Wildman–Crippen LogP) is 2.67. The molecular formula is C17H27N3O5S. The summed E-state index contributed by atoms with van der Waals surface area (Å²) >= 11 is 5.42. The number of nitrogens with one attached hydrogen (secondary N) is 1. The van der Waals surface area contributed by atoms with Crippen LogP contribution in [0.1, 0.15) is 53.5 Å². The summed E-state index contributed by atoms with van der Waals surface area (Å²) in [5.74, 6) is -0.370. The molecule has 26 heavy (non-hydrogen) atoms. The highest BCUT2D eigenvalue weighted by atomic mass is 32.1.